The maximum atomic E-state index is 11.2. The van der Waals surface area contributed by atoms with Crippen molar-refractivity contribution in [2.75, 3.05) is 0 Å². The summed E-state index contributed by atoms with van der Waals surface area (Å²) in [5.74, 6) is 0. The lowest BCUT2D eigenvalue weighted by Gasteiger charge is -2.17. The van der Waals surface area contributed by atoms with E-state index in [0.29, 0.717) is 0 Å². The van der Waals surface area contributed by atoms with Gasteiger partial charge in [-0.15, -0.1) is 0 Å². The molecule has 0 amide bonds. The Labute approximate surface area is 146 Å². The number of hydrogen-bond acceptors (Lipinski definition) is 2. The molecule has 0 aliphatic rings. The highest BCUT2D eigenvalue weighted by molar-refractivity contribution is 7.70. The quantitative estimate of drug-likeness (QED) is 0.566. The summed E-state index contributed by atoms with van der Waals surface area (Å²) >= 11 is 0. The molecule has 2 aromatic rings. The molecule has 0 unspecified atom stereocenters. The molecule has 0 aromatic heterocycles. The number of allylic oxidation sites excluding steroid dienone is 1. The van der Waals surface area contributed by atoms with Gasteiger partial charge in [-0.2, -0.15) is 0 Å². The van der Waals surface area contributed by atoms with Crippen LogP contribution in [0.25, 0.3) is 17.2 Å². The molecule has 134 valence electrons. The Morgan fingerprint density at radius 3 is 2.00 bits per heavy atom. The molecule has 4 N–H and O–H groups in total. The van der Waals surface area contributed by atoms with Crippen molar-refractivity contribution >= 4 is 21.3 Å². The van der Waals surface area contributed by atoms with Crippen LogP contribution >= 0.6 is 15.2 Å². The number of rotatable bonds is 6. The summed E-state index contributed by atoms with van der Waals surface area (Å²) in [6, 6.07) is 15.5. The molecule has 0 atom stereocenters. The molecule has 0 fully saturated rings. The normalized spacial score (nSPS) is 12.9. The molecule has 25 heavy (non-hydrogen) atoms. The fraction of sp³-hybridized carbons (Fsp3) is 0.176. The van der Waals surface area contributed by atoms with Crippen molar-refractivity contribution in [1.82, 2.24) is 0 Å². The van der Waals surface area contributed by atoms with Gasteiger partial charge in [0, 0.05) is 0 Å². The third-order valence-corrected chi connectivity index (χ3v) is 7.58. The average Bonchev–Trinajstić information content (AvgIpc) is 2.50. The van der Waals surface area contributed by atoms with Crippen molar-refractivity contribution in [3.05, 3.63) is 65.7 Å². The first-order valence-corrected chi connectivity index (χ1v) is 10.9. The molecule has 2 rings (SSSR count). The lowest BCUT2D eigenvalue weighted by atomic mass is 9.99. The van der Waals surface area contributed by atoms with Crippen molar-refractivity contribution in [2.45, 2.75) is 18.7 Å². The summed E-state index contributed by atoms with van der Waals surface area (Å²) in [7, 11) is -9.77. The van der Waals surface area contributed by atoms with Gasteiger partial charge in [0.25, 0.3) is 0 Å². The Kier molecular flexibility index (Phi) is 6.17. The molecular weight excluding hydrogens is 362 g/mol. The van der Waals surface area contributed by atoms with E-state index in [1.54, 1.807) is 6.08 Å². The highest BCUT2D eigenvalue weighted by Crippen LogP contribution is 2.61. The Balaban J connectivity index is 2.13. The third kappa shape index (κ3) is 5.48. The zero-order valence-electron chi connectivity index (χ0n) is 13.6. The monoisotopic (exact) mass is 382 g/mol. The van der Waals surface area contributed by atoms with E-state index in [1.165, 1.54) is 6.08 Å². The minimum Gasteiger partial charge on any atom is -0.324 e. The second kappa shape index (κ2) is 7.79. The van der Waals surface area contributed by atoms with E-state index < -0.39 is 27.0 Å². The molecular formula is C17H20O6P2. The standard InChI is InChI=1S/C17H20O6P2/c1-13-5-2-3-7-16(13)15-11-9-14(10-12-15)6-4-8-17(24(18,19)20)25(21,22)23/h2-7,9-12,17H,8H2,1H3,(H2,18,19,20)(H2,21,22,23)/b6-4+. The molecule has 6 nitrogen and oxygen atoms in total. The lowest BCUT2D eigenvalue weighted by molar-refractivity contribution is 0.339. The second-order valence-electron chi connectivity index (χ2n) is 5.73. The van der Waals surface area contributed by atoms with Crippen molar-refractivity contribution in [1.29, 1.82) is 0 Å². The lowest BCUT2D eigenvalue weighted by Crippen LogP contribution is -2.07. The van der Waals surface area contributed by atoms with Gasteiger partial charge < -0.3 is 19.6 Å². The minimum atomic E-state index is -4.89. The highest BCUT2D eigenvalue weighted by atomic mass is 31.2. The molecule has 0 saturated heterocycles. The first-order valence-electron chi connectivity index (χ1n) is 7.52. The molecule has 0 saturated carbocycles. The predicted molar refractivity (Wildman–Crippen MR) is 98.1 cm³/mol. The van der Waals surface area contributed by atoms with E-state index in [1.807, 2.05) is 55.5 Å². The molecule has 0 spiro atoms. The Hall–Kier alpha value is -1.52. The summed E-state index contributed by atoms with van der Waals surface area (Å²) < 4.78 is 22.4. The maximum Gasteiger partial charge on any atom is 0.341 e. The van der Waals surface area contributed by atoms with Crippen LogP contribution in [0.1, 0.15) is 17.5 Å². The van der Waals surface area contributed by atoms with Crippen molar-refractivity contribution in [2.24, 2.45) is 0 Å². The predicted octanol–water partition coefficient (Wildman–Crippen LogP) is 3.75. The van der Waals surface area contributed by atoms with Gasteiger partial charge in [-0.3, -0.25) is 9.13 Å². The van der Waals surface area contributed by atoms with Crippen LogP contribution in [0.4, 0.5) is 0 Å². The molecule has 0 bridgehead atoms. The summed E-state index contributed by atoms with van der Waals surface area (Å²) in [6.45, 7) is 2.02. The van der Waals surface area contributed by atoms with Crippen LogP contribution < -0.4 is 0 Å². The van der Waals surface area contributed by atoms with Crippen molar-refractivity contribution in [3.8, 4) is 11.1 Å². The van der Waals surface area contributed by atoms with Crippen LogP contribution in [0.3, 0.4) is 0 Å². The van der Waals surface area contributed by atoms with E-state index in [2.05, 4.69) is 0 Å². The first-order chi connectivity index (χ1) is 11.6. The van der Waals surface area contributed by atoms with Gasteiger partial charge in [-0.1, -0.05) is 60.7 Å². The molecule has 0 aliphatic heterocycles. The van der Waals surface area contributed by atoms with Crippen LogP contribution in [-0.2, 0) is 9.13 Å². The largest absolute Gasteiger partial charge is 0.341 e. The summed E-state index contributed by atoms with van der Waals surface area (Å²) in [6.07, 6.45) is 2.54. The van der Waals surface area contributed by atoms with Crippen LogP contribution in [0.2, 0.25) is 0 Å². The molecule has 0 heterocycles. The first kappa shape index (κ1) is 19.8. The summed E-state index contributed by atoms with van der Waals surface area (Å²) in [5, 5.41) is -2.01. The number of benzene rings is 2. The summed E-state index contributed by atoms with van der Waals surface area (Å²) in [5.41, 5.74) is 4.07. The van der Waals surface area contributed by atoms with E-state index in [4.69, 9.17) is 19.6 Å². The zero-order valence-corrected chi connectivity index (χ0v) is 15.3. The third-order valence-electron chi connectivity index (χ3n) is 3.80. The second-order valence-corrected chi connectivity index (χ2v) is 9.74. The van der Waals surface area contributed by atoms with Gasteiger partial charge in [0.2, 0.25) is 0 Å². The van der Waals surface area contributed by atoms with E-state index in [9.17, 15) is 9.13 Å². The smallest absolute Gasteiger partial charge is 0.324 e. The average molecular weight is 382 g/mol. The molecule has 0 aliphatic carbocycles. The molecule has 2 aromatic carbocycles. The van der Waals surface area contributed by atoms with Gasteiger partial charge in [0.1, 0.15) is 0 Å². The summed E-state index contributed by atoms with van der Waals surface area (Å²) in [4.78, 5) is 36.3. The van der Waals surface area contributed by atoms with Crippen LogP contribution in [0.5, 0.6) is 0 Å². The number of hydrogen-bond donors (Lipinski definition) is 4. The fourth-order valence-corrected chi connectivity index (χ4v) is 4.83. The topological polar surface area (TPSA) is 115 Å². The SMILES string of the molecule is Cc1ccccc1-c1ccc(/C=C/CC(P(=O)(O)O)P(=O)(O)O)cc1. The van der Waals surface area contributed by atoms with Crippen molar-refractivity contribution < 1.29 is 28.7 Å². The van der Waals surface area contributed by atoms with Crippen LogP contribution in [0, 0.1) is 6.92 Å². The van der Waals surface area contributed by atoms with E-state index in [-0.39, 0.29) is 0 Å². The highest BCUT2D eigenvalue weighted by Gasteiger charge is 2.42. The van der Waals surface area contributed by atoms with Gasteiger partial charge in [0.05, 0.1) is 0 Å². The van der Waals surface area contributed by atoms with Crippen LogP contribution in [-0.4, -0.2) is 25.0 Å². The van der Waals surface area contributed by atoms with Gasteiger partial charge in [0.15, 0.2) is 5.40 Å². The Morgan fingerprint density at radius 2 is 1.48 bits per heavy atom. The number of aryl methyl sites for hydroxylation is 1. The Morgan fingerprint density at radius 1 is 0.920 bits per heavy atom. The Bertz CT molecular complexity index is 826. The van der Waals surface area contributed by atoms with Gasteiger partial charge in [-0.25, -0.2) is 0 Å². The molecule has 0 radical (unpaired) electrons. The zero-order chi connectivity index (χ0) is 18.7. The maximum absolute atomic E-state index is 11.2. The van der Waals surface area contributed by atoms with E-state index >= 15 is 0 Å². The van der Waals surface area contributed by atoms with Gasteiger partial charge in [-0.05, 0) is 35.6 Å². The molecule has 8 heteroatoms. The fourth-order valence-electron chi connectivity index (χ4n) is 2.47. The van der Waals surface area contributed by atoms with Crippen molar-refractivity contribution in [3.63, 3.8) is 0 Å². The van der Waals surface area contributed by atoms with Gasteiger partial charge >= 0.3 is 15.2 Å². The minimum absolute atomic E-state index is 0.409. The van der Waals surface area contributed by atoms with E-state index in [0.717, 1.165) is 22.3 Å². The van der Waals surface area contributed by atoms with Crippen LogP contribution in [0.15, 0.2) is 54.6 Å².